The number of nitriles is 1. The van der Waals surface area contributed by atoms with Gasteiger partial charge in [-0.05, 0) is 60.2 Å². The van der Waals surface area contributed by atoms with Crippen LogP contribution in [0.1, 0.15) is 36.0 Å². The minimum Gasteiger partial charge on any atom is -0.442 e. The van der Waals surface area contributed by atoms with Gasteiger partial charge in [-0.1, -0.05) is 50.3 Å². The minimum absolute atomic E-state index is 0.0863. The molecule has 1 aromatic heterocycles. The molecule has 1 saturated carbocycles. The van der Waals surface area contributed by atoms with Crippen LogP contribution in [0, 0.1) is 28.6 Å². The number of esters is 1. The van der Waals surface area contributed by atoms with Crippen molar-refractivity contribution in [3.63, 3.8) is 0 Å². The van der Waals surface area contributed by atoms with Gasteiger partial charge in [0.1, 0.15) is 6.07 Å². The van der Waals surface area contributed by atoms with E-state index in [0.717, 1.165) is 15.4 Å². The van der Waals surface area contributed by atoms with Crippen LogP contribution < -0.4 is 0 Å². The van der Waals surface area contributed by atoms with Crippen molar-refractivity contribution in [1.82, 2.24) is 0 Å². The zero-order chi connectivity index (χ0) is 19.6. The van der Waals surface area contributed by atoms with E-state index in [0.29, 0.717) is 5.56 Å². The highest BCUT2D eigenvalue weighted by Crippen LogP contribution is 2.60. The maximum absolute atomic E-state index is 12.7. The van der Waals surface area contributed by atoms with E-state index < -0.39 is 6.10 Å². The number of thiophene rings is 1. The van der Waals surface area contributed by atoms with E-state index in [1.54, 1.807) is 11.3 Å². The molecule has 1 aromatic carbocycles. The lowest BCUT2D eigenvalue weighted by Gasteiger charge is -2.13. The fourth-order valence-electron chi connectivity index (χ4n) is 3.41. The lowest BCUT2D eigenvalue weighted by molar-refractivity contribution is -0.149. The second kappa shape index (κ2) is 8.30. The fraction of sp³-hybridized carbons (Fsp3) is 0.333. The van der Waals surface area contributed by atoms with Gasteiger partial charge in [-0.3, -0.25) is 4.79 Å². The quantitative estimate of drug-likeness (QED) is 0.427. The number of hydrogen-bond acceptors (Lipinski definition) is 4. The Morgan fingerprint density at radius 2 is 2.15 bits per heavy atom. The smallest absolute Gasteiger partial charge is 0.311 e. The number of halogens is 2. The van der Waals surface area contributed by atoms with E-state index in [9.17, 15) is 10.1 Å². The lowest BCUT2D eigenvalue weighted by Crippen LogP contribution is -2.14. The number of carbonyl (C=O) groups is 1. The molecule has 0 radical (unpaired) electrons. The van der Waals surface area contributed by atoms with Crippen LogP contribution in [-0.4, -0.2) is 5.97 Å². The Balaban J connectivity index is 1.72. The van der Waals surface area contributed by atoms with E-state index in [-0.39, 0.29) is 23.2 Å². The predicted octanol–water partition coefficient (Wildman–Crippen LogP) is 6.35. The van der Waals surface area contributed by atoms with Crippen LogP contribution in [0.15, 0.2) is 51.2 Å². The summed E-state index contributed by atoms with van der Waals surface area (Å²) in [4.78, 5) is 13.9. The highest BCUT2D eigenvalue weighted by atomic mass is 79.9. The summed E-state index contributed by atoms with van der Waals surface area (Å²) in [6, 6.07) is 14.0. The summed E-state index contributed by atoms with van der Waals surface area (Å²) >= 11 is 8.40. The van der Waals surface area contributed by atoms with Crippen molar-refractivity contribution < 1.29 is 9.53 Å². The molecule has 0 aliphatic heterocycles. The maximum Gasteiger partial charge on any atom is 0.311 e. The molecule has 1 aliphatic carbocycles. The molecule has 0 N–H and O–H groups in total. The maximum atomic E-state index is 12.7. The molecule has 0 amide bonds. The van der Waals surface area contributed by atoms with E-state index in [1.807, 2.05) is 55.6 Å². The molecule has 140 valence electrons. The molecule has 0 spiro atoms. The molecule has 3 rings (SSSR count). The standard InChI is InChI=1S/C21H19Br2NO2S/c1-21(2)16(11-18(22)23)19(21)20(25)26-17(12-24)14-6-3-5-13(9-14)10-15-7-4-8-27-15/h3-9,11,16-17,19H,10H2,1-2H3/t16-,17?,19-/m0/s1. The van der Waals surface area contributed by atoms with Crippen LogP contribution in [-0.2, 0) is 16.0 Å². The van der Waals surface area contributed by atoms with Crippen LogP contribution in [0.5, 0.6) is 0 Å². The van der Waals surface area contributed by atoms with Crippen molar-refractivity contribution in [2.45, 2.75) is 26.4 Å². The molecular formula is C21H19Br2NO2S. The Kier molecular flexibility index (Phi) is 6.25. The lowest BCUT2D eigenvalue weighted by atomic mass is 10.0. The summed E-state index contributed by atoms with van der Waals surface area (Å²) in [5.74, 6) is -0.478. The SMILES string of the molecule is CC1(C)[C@H](C(=O)OC(C#N)c2cccc(Cc3cccs3)c2)[C@@H]1C=C(Br)Br. The number of ether oxygens (including phenoxy) is 1. The third-order valence-corrected chi connectivity index (χ3v) is 6.44. The number of carbonyl (C=O) groups excluding carboxylic acids is 1. The van der Waals surface area contributed by atoms with E-state index in [2.05, 4.69) is 44.0 Å². The van der Waals surface area contributed by atoms with E-state index >= 15 is 0 Å². The molecule has 1 heterocycles. The highest BCUT2D eigenvalue weighted by molar-refractivity contribution is 9.28. The van der Waals surface area contributed by atoms with Gasteiger partial charge in [0, 0.05) is 16.9 Å². The van der Waals surface area contributed by atoms with Crippen LogP contribution in [0.25, 0.3) is 0 Å². The second-order valence-corrected chi connectivity index (χ2v) is 11.0. The number of allylic oxidation sites excluding steroid dienone is 1. The van der Waals surface area contributed by atoms with E-state index in [1.165, 1.54) is 4.88 Å². The average Bonchev–Trinajstić information content (AvgIpc) is 2.96. The largest absolute Gasteiger partial charge is 0.442 e. The Labute approximate surface area is 180 Å². The molecule has 27 heavy (non-hydrogen) atoms. The Bertz CT molecular complexity index is 895. The molecule has 0 saturated heterocycles. The summed E-state index contributed by atoms with van der Waals surface area (Å²) in [6.45, 7) is 4.07. The number of benzene rings is 1. The van der Waals surface area contributed by atoms with Crippen molar-refractivity contribution in [1.29, 1.82) is 5.26 Å². The molecule has 3 nitrogen and oxygen atoms in total. The molecule has 1 fully saturated rings. The molecular weight excluding hydrogens is 490 g/mol. The van der Waals surface area contributed by atoms with Gasteiger partial charge >= 0.3 is 5.97 Å². The first kappa shape index (κ1) is 20.3. The van der Waals surface area contributed by atoms with Gasteiger partial charge in [0.2, 0.25) is 6.10 Å². The van der Waals surface area contributed by atoms with Crippen LogP contribution in [0.3, 0.4) is 0 Å². The van der Waals surface area contributed by atoms with Crippen molar-refractivity contribution in [3.05, 3.63) is 67.2 Å². The van der Waals surface area contributed by atoms with E-state index in [4.69, 9.17) is 4.74 Å². The van der Waals surface area contributed by atoms with Crippen molar-refractivity contribution in [2.24, 2.45) is 17.3 Å². The zero-order valence-electron chi connectivity index (χ0n) is 15.0. The van der Waals surface area contributed by atoms with Crippen molar-refractivity contribution >= 4 is 49.2 Å². The molecule has 1 aliphatic rings. The zero-order valence-corrected chi connectivity index (χ0v) is 19.0. The summed E-state index contributed by atoms with van der Waals surface area (Å²) in [6.07, 6.45) is 1.88. The van der Waals surface area contributed by atoms with Gasteiger partial charge in [-0.2, -0.15) is 5.26 Å². The Morgan fingerprint density at radius 1 is 1.37 bits per heavy atom. The monoisotopic (exact) mass is 507 g/mol. The molecule has 0 bridgehead atoms. The fourth-order valence-corrected chi connectivity index (χ4v) is 4.72. The summed E-state index contributed by atoms with van der Waals surface area (Å²) < 4.78 is 6.41. The Morgan fingerprint density at radius 3 is 2.78 bits per heavy atom. The van der Waals surface area contributed by atoms with Gasteiger partial charge in [0.25, 0.3) is 0 Å². The first-order valence-electron chi connectivity index (χ1n) is 8.57. The first-order chi connectivity index (χ1) is 12.8. The Hall–Kier alpha value is -1.42. The van der Waals surface area contributed by atoms with Gasteiger partial charge < -0.3 is 4.74 Å². The third kappa shape index (κ3) is 4.71. The van der Waals surface area contributed by atoms with Crippen LogP contribution in [0.2, 0.25) is 0 Å². The second-order valence-electron chi connectivity index (χ2n) is 7.23. The number of rotatable bonds is 6. The molecule has 6 heteroatoms. The molecule has 3 atom stereocenters. The van der Waals surface area contributed by atoms with Gasteiger partial charge in [0.05, 0.1) is 9.31 Å². The van der Waals surface area contributed by atoms with Gasteiger partial charge in [-0.15, -0.1) is 11.3 Å². The van der Waals surface area contributed by atoms with Crippen molar-refractivity contribution in [2.75, 3.05) is 0 Å². The van der Waals surface area contributed by atoms with Gasteiger partial charge in [-0.25, -0.2) is 0 Å². The normalized spacial score (nSPS) is 21.0. The summed E-state index contributed by atoms with van der Waals surface area (Å²) in [5, 5.41) is 11.6. The van der Waals surface area contributed by atoms with Crippen LogP contribution >= 0.6 is 43.2 Å². The highest BCUT2D eigenvalue weighted by Gasteiger charge is 2.61. The first-order valence-corrected chi connectivity index (χ1v) is 11.0. The van der Waals surface area contributed by atoms with Crippen LogP contribution in [0.4, 0.5) is 0 Å². The summed E-state index contributed by atoms with van der Waals surface area (Å²) in [7, 11) is 0. The summed E-state index contributed by atoms with van der Waals surface area (Å²) in [5.41, 5.74) is 1.64. The topological polar surface area (TPSA) is 50.1 Å². The average molecular weight is 509 g/mol. The molecule has 2 aromatic rings. The number of hydrogen-bond donors (Lipinski definition) is 0. The predicted molar refractivity (Wildman–Crippen MR) is 115 cm³/mol. The van der Waals surface area contributed by atoms with Gasteiger partial charge in [0.15, 0.2) is 0 Å². The molecule has 1 unspecified atom stereocenters. The van der Waals surface area contributed by atoms with Crippen molar-refractivity contribution in [3.8, 4) is 6.07 Å². The minimum atomic E-state index is -0.894. The number of nitrogens with zero attached hydrogens (tertiary/aromatic N) is 1. The third-order valence-electron chi connectivity index (χ3n) is 5.03.